The summed E-state index contributed by atoms with van der Waals surface area (Å²) in [5.74, 6) is 0.640. The fraction of sp³-hybridized carbons (Fsp3) is 0.500. The highest BCUT2D eigenvalue weighted by atomic mass is 35.5. The van der Waals surface area contributed by atoms with Crippen LogP contribution in [0.3, 0.4) is 0 Å². The van der Waals surface area contributed by atoms with Gasteiger partial charge in [-0.3, -0.25) is 4.79 Å². The maximum atomic E-state index is 11.8. The fourth-order valence-corrected chi connectivity index (χ4v) is 2.51. The molecule has 0 saturated heterocycles. The molecule has 0 N–H and O–H groups in total. The van der Waals surface area contributed by atoms with E-state index in [9.17, 15) is 4.79 Å². The van der Waals surface area contributed by atoms with Crippen molar-refractivity contribution in [2.24, 2.45) is 5.92 Å². The van der Waals surface area contributed by atoms with Crippen LogP contribution in [0.25, 0.3) is 0 Å². The summed E-state index contributed by atoms with van der Waals surface area (Å²) in [6.45, 7) is 0.820. The Bertz CT molecular complexity index is 388. The van der Waals surface area contributed by atoms with Crippen LogP contribution in [-0.4, -0.2) is 19.4 Å². The van der Waals surface area contributed by atoms with E-state index in [4.69, 9.17) is 11.6 Å². The molecule has 92 valence electrons. The number of hydrogen-bond donors (Lipinski definition) is 0. The van der Waals surface area contributed by atoms with E-state index < -0.39 is 0 Å². The van der Waals surface area contributed by atoms with E-state index in [1.165, 1.54) is 6.42 Å². The van der Waals surface area contributed by atoms with Crippen molar-refractivity contribution in [1.82, 2.24) is 0 Å². The maximum Gasteiger partial charge on any atom is 0.137 e. The van der Waals surface area contributed by atoms with E-state index in [1.54, 1.807) is 0 Å². The Morgan fingerprint density at radius 2 is 2.00 bits per heavy atom. The standard InChI is InChI=1S/C14H18ClNO/c1-16(13-8-6-12(15)7-9-13)10-11-4-2-3-5-14(11)17/h6-9,11H,2-5,10H2,1H3. The van der Waals surface area contributed by atoms with Crippen molar-refractivity contribution in [2.75, 3.05) is 18.5 Å². The van der Waals surface area contributed by atoms with Crippen molar-refractivity contribution in [3.05, 3.63) is 29.3 Å². The number of Topliss-reactive ketones (excluding diaryl/α,β-unsaturated/α-hetero) is 1. The Labute approximate surface area is 108 Å². The minimum Gasteiger partial charge on any atom is -0.374 e. The molecule has 0 radical (unpaired) electrons. The largest absolute Gasteiger partial charge is 0.374 e. The Hall–Kier alpha value is -1.02. The third-order valence-corrected chi connectivity index (χ3v) is 3.69. The molecule has 1 aromatic carbocycles. The molecule has 1 saturated carbocycles. The number of nitrogens with zero attached hydrogens (tertiary/aromatic N) is 1. The van der Waals surface area contributed by atoms with Gasteiger partial charge in [0.15, 0.2) is 0 Å². The molecule has 2 rings (SSSR count). The van der Waals surface area contributed by atoms with E-state index in [0.717, 1.165) is 36.5 Å². The van der Waals surface area contributed by atoms with Crippen LogP contribution in [0.4, 0.5) is 5.69 Å². The smallest absolute Gasteiger partial charge is 0.137 e. The second-order valence-corrected chi connectivity index (χ2v) is 5.20. The number of anilines is 1. The average Bonchev–Trinajstić information content (AvgIpc) is 2.33. The molecule has 2 nitrogen and oxygen atoms in total. The quantitative estimate of drug-likeness (QED) is 0.819. The third kappa shape index (κ3) is 3.22. The van der Waals surface area contributed by atoms with Crippen LogP contribution in [0.2, 0.25) is 5.02 Å². The molecule has 0 heterocycles. The zero-order valence-electron chi connectivity index (χ0n) is 10.2. The number of ketones is 1. The number of halogens is 1. The van der Waals surface area contributed by atoms with E-state index in [-0.39, 0.29) is 5.92 Å². The number of carbonyl (C=O) groups is 1. The molecule has 1 aliphatic carbocycles. The molecule has 0 spiro atoms. The average molecular weight is 252 g/mol. The van der Waals surface area contributed by atoms with E-state index in [1.807, 2.05) is 31.3 Å². The molecule has 1 atom stereocenters. The monoisotopic (exact) mass is 251 g/mol. The van der Waals surface area contributed by atoms with Crippen molar-refractivity contribution >= 4 is 23.1 Å². The van der Waals surface area contributed by atoms with Crippen LogP contribution in [0.5, 0.6) is 0 Å². The summed E-state index contributed by atoms with van der Waals surface area (Å²) in [6, 6.07) is 7.76. The van der Waals surface area contributed by atoms with Gasteiger partial charge in [0.2, 0.25) is 0 Å². The summed E-state index contributed by atoms with van der Waals surface area (Å²) in [7, 11) is 2.03. The predicted molar refractivity (Wildman–Crippen MR) is 71.7 cm³/mol. The van der Waals surface area contributed by atoms with E-state index >= 15 is 0 Å². The Balaban J connectivity index is 1.98. The van der Waals surface area contributed by atoms with Gasteiger partial charge in [-0.25, -0.2) is 0 Å². The molecule has 1 unspecified atom stereocenters. The first kappa shape index (κ1) is 12.4. The number of rotatable bonds is 3. The second-order valence-electron chi connectivity index (χ2n) is 4.77. The van der Waals surface area contributed by atoms with Crippen LogP contribution in [0.1, 0.15) is 25.7 Å². The number of benzene rings is 1. The number of hydrogen-bond acceptors (Lipinski definition) is 2. The predicted octanol–water partition coefficient (Wildman–Crippen LogP) is 3.54. The van der Waals surface area contributed by atoms with Gasteiger partial charge >= 0.3 is 0 Å². The molecule has 17 heavy (non-hydrogen) atoms. The Kier molecular flexibility index (Phi) is 4.06. The molecule has 1 aliphatic rings. The van der Waals surface area contributed by atoms with Crippen molar-refractivity contribution < 1.29 is 4.79 Å². The maximum absolute atomic E-state index is 11.8. The van der Waals surface area contributed by atoms with E-state index in [2.05, 4.69) is 4.90 Å². The molecule has 1 aromatic rings. The molecule has 0 aliphatic heterocycles. The molecular weight excluding hydrogens is 234 g/mol. The first-order chi connectivity index (χ1) is 8.16. The van der Waals surface area contributed by atoms with Gasteiger partial charge < -0.3 is 4.90 Å². The minimum atomic E-state index is 0.212. The number of carbonyl (C=O) groups excluding carboxylic acids is 1. The summed E-state index contributed by atoms with van der Waals surface area (Å²) in [5.41, 5.74) is 1.12. The van der Waals surface area contributed by atoms with Crippen LogP contribution in [-0.2, 0) is 4.79 Å². The van der Waals surface area contributed by atoms with Crippen molar-refractivity contribution in [2.45, 2.75) is 25.7 Å². The van der Waals surface area contributed by atoms with Crippen LogP contribution < -0.4 is 4.90 Å². The highest BCUT2D eigenvalue weighted by molar-refractivity contribution is 6.30. The zero-order valence-corrected chi connectivity index (χ0v) is 10.9. The van der Waals surface area contributed by atoms with Gasteiger partial charge in [-0.15, -0.1) is 0 Å². The van der Waals surface area contributed by atoms with Gasteiger partial charge in [-0.05, 0) is 37.1 Å². The molecule has 3 heteroatoms. The van der Waals surface area contributed by atoms with Gasteiger partial charge in [0.25, 0.3) is 0 Å². The normalized spacial score (nSPS) is 20.4. The molecular formula is C14H18ClNO. The fourth-order valence-electron chi connectivity index (χ4n) is 2.38. The van der Waals surface area contributed by atoms with Crippen molar-refractivity contribution in [3.8, 4) is 0 Å². The highest BCUT2D eigenvalue weighted by Crippen LogP contribution is 2.24. The zero-order chi connectivity index (χ0) is 12.3. The van der Waals surface area contributed by atoms with Gasteiger partial charge in [-0.1, -0.05) is 18.0 Å². The van der Waals surface area contributed by atoms with E-state index in [0.29, 0.717) is 5.78 Å². The summed E-state index contributed by atoms with van der Waals surface area (Å²) in [4.78, 5) is 13.9. The minimum absolute atomic E-state index is 0.212. The highest BCUT2D eigenvalue weighted by Gasteiger charge is 2.23. The van der Waals surface area contributed by atoms with Gasteiger partial charge in [0.1, 0.15) is 5.78 Å². The molecule has 0 aromatic heterocycles. The molecule has 0 bridgehead atoms. The lowest BCUT2D eigenvalue weighted by atomic mass is 9.87. The lowest BCUT2D eigenvalue weighted by Gasteiger charge is -2.27. The SMILES string of the molecule is CN(CC1CCCCC1=O)c1ccc(Cl)cc1. The second kappa shape index (κ2) is 5.54. The van der Waals surface area contributed by atoms with Crippen LogP contribution >= 0.6 is 11.6 Å². The third-order valence-electron chi connectivity index (χ3n) is 3.44. The van der Waals surface area contributed by atoms with Crippen LogP contribution in [0, 0.1) is 5.92 Å². The van der Waals surface area contributed by atoms with Gasteiger partial charge in [-0.2, -0.15) is 0 Å². The summed E-state index contributed by atoms with van der Waals surface area (Å²) >= 11 is 5.86. The van der Waals surface area contributed by atoms with Crippen molar-refractivity contribution in [1.29, 1.82) is 0 Å². The molecule has 0 amide bonds. The first-order valence-electron chi connectivity index (χ1n) is 6.16. The topological polar surface area (TPSA) is 20.3 Å². The first-order valence-corrected chi connectivity index (χ1v) is 6.54. The molecule has 1 fully saturated rings. The van der Waals surface area contributed by atoms with Crippen LogP contribution in [0.15, 0.2) is 24.3 Å². The summed E-state index contributed by atoms with van der Waals surface area (Å²) in [5, 5.41) is 0.746. The summed E-state index contributed by atoms with van der Waals surface area (Å²) < 4.78 is 0. The lowest BCUT2D eigenvalue weighted by molar-refractivity contribution is -0.124. The summed E-state index contributed by atoms with van der Waals surface area (Å²) in [6.07, 6.45) is 4.06. The van der Waals surface area contributed by atoms with Gasteiger partial charge in [0, 0.05) is 36.6 Å². The van der Waals surface area contributed by atoms with Crippen molar-refractivity contribution in [3.63, 3.8) is 0 Å². The van der Waals surface area contributed by atoms with Gasteiger partial charge in [0.05, 0.1) is 0 Å². The lowest BCUT2D eigenvalue weighted by Crippen LogP contribution is -2.32. The Morgan fingerprint density at radius 1 is 1.29 bits per heavy atom. The Morgan fingerprint density at radius 3 is 2.65 bits per heavy atom.